The number of hydrogen-bond acceptors (Lipinski definition) is 3. The van der Waals surface area contributed by atoms with Crippen molar-refractivity contribution in [1.29, 1.82) is 0 Å². The maximum atomic E-state index is 11.2. The Morgan fingerprint density at radius 3 is 2.87 bits per heavy atom. The zero-order chi connectivity index (χ0) is 16.6. The van der Waals surface area contributed by atoms with E-state index in [1.54, 1.807) is 0 Å². The molecule has 126 valence electrons. The Hall–Kier alpha value is -1.37. The molecule has 0 amide bonds. The lowest BCUT2D eigenvalue weighted by Gasteiger charge is -2.17. The summed E-state index contributed by atoms with van der Waals surface area (Å²) in [6, 6.07) is 6.47. The highest BCUT2D eigenvalue weighted by molar-refractivity contribution is 7.88. The lowest BCUT2D eigenvalue weighted by atomic mass is 10.1. The molecule has 1 aromatic heterocycles. The van der Waals surface area contributed by atoms with Crippen LogP contribution in [0, 0.1) is 19.8 Å². The summed E-state index contributed by atoms with van der Waals surface area (Å²) in [5.74, 6) is 0.399. The van der Waals surface area contributed by atoms with E-state index in [4.69, 9.17) is 0 Å². The van der Waals surface area contributed by atoms with Gasteiger partial charge in [-0.25, -0.2) is 13.1 Å². The first-order valence-corrected chi connectivity index (χ1v) is 9.96. The van der Waals surface area contributed by atoms with Gasteiger partial charge in [0.1, 0.15) is 0 Å². The lowest BCUT2D eigenvalue weighted by molar-refractivity contribution is 0.317. The summed E-state index contributed by atoms with van der Waals surface area (Å²) in [5.41, 5.74) is 5.10. The molecule has 1 saturated heterocycles. The second-order valence-corrected chi connectivity index (χ2v) is 8.56. The standard InChI is InChI=1S/C17H25N3O2S/c1-12-13(2)19-17-15(5-4-6-16(12)17)11-20-8-7-14(10-20)9-18-23(3,21)22/h4-6,14,18-19H,7-11H2,1-3H3/t14-/m1/s1. The zero-order valence-electron chi connectivity index (χ0n) is 14.0. The molecule has 0 saturated carbocycles. The van der Waals surface area contributed by atoms with Crippen LogP contribution in [0.5, 0.6) is 0 Å². The van der Waals surface area contributed by atoms with Crippen molar-refractivity contribution in [1.82, 2.24) is 14.6 Å². The van der Waals surface area contributed by atoms with Crippen LogP contribution in [0.4, 0.5) is 0 Å². The van der Waals surface area contributed by atoms with Crippen molar-refractivity contribution in [3.05, 3.63) is 35.0 Å². The Labute approximate surface area is 138 Å². The van der Waals surface area contributed by atoms with Crippen molar-refractivity contribution in [2.24, 2.45) is 5.92 Å². The van der Waals surface area contributed by atoms with E-state index in [9.17, 15) is 8.42 Å². The number of H-pyrrole nitrogens is 1. The number of benzene rings is 1. The number of nitrogens with one attached hydrogen (secondary N) is 2. The van der Waals surface area contributed by atoms with Gasteiger partial charge in [0.15, 0.2) is 0 Å². The Bertz CT molecular complexity index is 811. The minimum absolute atomic E-state index is 0.399. The van der Waals surface area contributed by atoms with Crippen molar-refractivity contribution in [2.45, 2.75) is 26.8 Å². The van der Waals surface area contributed by atoms with Gasteiger partial charge in [-0.15, -0.1) is 0 Å². The summed E-state index contributed by atoms with van der Waals surface area (Å²) in [6.07, 6.45) is 2.26. The average molecular weight is 335 g/mol. The van der Waals surface area contributed by atoms with Gasteiger partial charge in [0, 0.05) is 30.7 Å². The molecule has 2 aromatic rings. The highest BCUT2D eigenvalue weighted by atomic mass is 32.2. The molecule has 6 heteroatoms. The molecule has 3 rings (SSSR count). The molecular formula is C17H25N3O2S. The Kier molecular flexibility index (Phi) is 4.49. The molecule has 0 radical (unpaired) electrons. The quantitative estimate of drug-likeness (QED) is 0.880. The van der Waals surface area contributed by atoms with Crippen molar-refractivity contribution >= 4 is 20.9 Å². The summed E-state index contributed by atoms with van der Waals surface area (Å²) >= 11 is 0. The predicted octanol–water partition coefficient (Wildman–Crippen LogP) is 2.16. The minimum Gasteiger partial charge on any atom is -0.358 e. The van der Waals surface area contributed by atoms with E-state index in [2.05, 4.69) is 46.7 Å². The van der Waals surface area contributed by atoms with E-state index in [1.165, 1.54) is 34.0 Å². The molecule has 0 aliphatic carbocycles. The molecule has 1 aliphatic heterocycles. The van der Waals surface area contributed by atoms with Crippen LogP contribution in [0.2, 0.25) is 0 Å². The number of fused-ring (bicyclic) bond motifs is 1. The van der Waals surface area contributed by atoms with Gasteiger partial charge in [0.25, 0.3) is 0 Å². The fourth-order valence-corrected chi connectivity index (χ4v) is 3.95. The molecule has 2 heterocycles. The third-order valence-corrected chi connectivity index (χ3v) is 5.52. The first-order chi connectivity index (χ1) is 10.8. The Morgan fingerprint density at radius 2 is 2.13 bits per heavy atom. The fourth-order valence-electron chi connectivity index (χ4n) is 3.41. The molecule has 0 unspecified atom stereocenters. The van der Waals surface area contributed by atoms with Crippen LogP contribution >= 0.6 is 0 Å². The molecular weight excluding hydrogens is 310 g/mol. The Morgan fingerprint density at radius 1 is 1.35 bits per heavy atom. The van der Waals surface area contributed by atoms with Gasteiger partial charge >= 0.3 is 0 Å². The number of para-hydroxylation sites is 1. The summed E-state index contributed by atoms with van der Waals surface area (Å²) in [5, 5.41) is 1.30. The second-order valence-electron chi connectivity index (χ2n) is 6.73. The van der Waals surface area contributed by atoms with Crippen LogP contribution in [0.25, 0.3) is 10.9 Å². The maximum absolute atomic E-state index is 11.2. The fraction of sp³-hybridized carbons (Fsp3) is 0.529. The number of aromatic nitrogens is 1. The van der Waals surface area contributed by atoms with Crippen LogP contribution in [0.15, 0.2) is 18.2 Å². The number of sulfonamides is 1. The van der Waals surface area contributed by atoms with Gasteiger partial charge in [0.2, 0.25) is 10.0 Å². The highest BCUT2D eigenvalue weighted by Crippen LogP contribution is 2.26. The predicted molar refractivity (Wildman–Crippen MR) is 94.0 cm³/mol. The van der Waals surface area contributed by atoms with E-state index in [0.717, 1.165) is 26.1 Å². The van der Waals surface area contributed by atoms with Crippen LogP contribution in [0.3, 0.4) is 0 Å². The zero-order valence-corrected chi connectivity index (χ0v) is 14.8. The number of aryl methyl sites for hydroxylation is 2. The van der Waals surface area contributed by atoms with E-state index in [1.807, 2.05) is 0 Å². The summed E-state index contributed by atoms with van der Waals surface area (Å²) in [6.45, 7) is 7.68. The summed E-state index contributed by atoms with van der Waals surface area (Å²) < 4.78 is 25.1. The largest absolute Gasteiger partial charge is 0.358 e. The molecule has 23 heavy (non-hydrogen) atoms. The van der Waals surface area contributed by atoms with Gasteiger partial charge in [-0.05, 0) is 43.9 Å². The third-order valence-electron chi connectivity index (χ3n) is 4.83. The number of rotatable bonds is 5. The molecule has 2 N–H and O–H groups in total. The first-order valence-electron chi connectivity index (χ1n) is 8.07. The topological polar surface area (TPSA) is 65.2 Å². The normalized spacial score (nSPS) is 19.7. The van der Waals surface area contributed by atoms with Crippen molar-refractivity contribution in [3.8, 4) is 0 Å². The van der Waals surface area contributed by atoms with E-state index >= 15 is 0 Å². The van der Waals surface area contributed by atoms with E-state index in [0.29, 0.717) is 12.5 Å². The molecule has 0 bridgehead atoms. The van der Waals surface area contributed by atoms with Gasteiger partial charge in [-0.3, -0.25) is 4.90 Å². The maximum Gasteiger partial charge on any atom is 0.208 e. The monoisotopic (exact) mass is 335 g/mol. The van der Waals surface area contributed by atoms with Crippen molar-refractivity contribution < 1.29 is 8.42 Å². The van der Waals surface area contributed by atoms with E-state index < -0.39 is 10.0 Å². The SMILES string of the molecule is Cc1[nH]c2c(CN3CC[C@H](CNS(C)(=O)=O)C3)cccc2c1C. The van der Waals surface area contributed by atoms with Gasteiger partial charge in [-0.2, -0.15) is 0 Å². The molecule has 0 spiro atoms. The number of hydrogen-bond donors (Lipinski definition) is 2. The second kappa shape index (κ2) is 6.26. The van der Waals surface area contributed by atoms with Gasteiger partial charge in [0.05, 0.1) is 11.8 Å². The summed E-state index contributed by atoms with van der Waals surface area (Å²) in [7, 11) is -3.09. The number of likely N-dealkylation sites (tertiary alicyclic amines) is 1. The van der Waals surface area contributed by atoms with Crippen LogP contribution < -0.4 is 4.72 Å². The van der Waals surface area contributed by atoms with Crippen molar-refractivity contribution in [3.63, 3.8) is 0 Å². The van der Waals surface area contributed by atoms with Crippen LogP contribution in [-0.4, -0.2) is 44.2 Å². The Balaban J connectivity index is 1.68. The number of nitrogens with zero attached hydrogens (tertiary/aromatic N) is 1. The average Bonchev–Trinajstić information content (AvgIpc) is 3.03. The number of aromatic amines is 1. The van der Waals surface area contributed by atoms with Crippen LogP contribution in [-0.2, 0) is 16.6 Å². The molecule has 1 atom stereocenters. The third kappa shape index (κ3) is 3.76. The van der Waals surface area contributed by atoms with Crippen LogP contribution in [0.1, 0.15) is 23.2 Å². The van der Waals surface area contributed by atoms with Gasteiger partial charge < -0.3 is 4.98 Å². The molecule has 1 aromatic carbocycles. The highest BCUT2D eigenvalue weighted by Gasteiger charge is 2.23. The molecule has 1 fully saturated rings. The van der Waals surface area contributed by atoms with E-state index in [-0.39, 0.29) is 0 Å². The smallest absolute Gasteiger partial charge is 0.208 e. The van der Waals surface area contributed by atoms with Gasteiger partial charge in [-0.1, -0.05) is 18.2 Å². The first kappa shape index (κ1) is 16.5. The lowest BCUT2D eigenvalue weighted by Crippen LogP contribution is -2.30. The minimum atomic E-state index is -3.09. The molecule has 1 aliphatic rings. The summed E-state index contributed by atoms with van der Waals surface area (Å²) in [4.78, 5) is 5.92. The molecule has 5 nitrogen and oxygen atoms in total. The van der Waals surface area contributed by atoms with Crippen molar-refractivity contribution in [2.75, 3.05) is 25.9 Å².